The second-order valence-corrected chi connectivity index (χ2v) is 9.75. The predicted octanol–water partition coefficient (Wildman–Crippen LogP) is 1.99. The van der Waals surface area contributed by atoms with Crippen LogP contribution in [0.1, 0.15) is 29.3 Å². The van der Waals surface area contributed by atoms with Crippen LogP contribution >= 0.6 is 12.1 Å². The van der Waals surface area contributed by atoms with Gasteiger partial charge in [0.15, 0.2) is 0 Å². The quantitative estimate of drug-likeness (QED) is 0.715. The smallest absolute Gasteiger partial charge is 0.129 e. The summed E-state index contributed by atoms with van der Waals surface area (Å²) in [4.78, 5) is 4.66. The van der Waals surface area contributed by atoms with Gasteiger partial charge in [0.1, 0.15) is 17.7 Å². The Labute approximate surface area is 185 Å². The van der Waals surface area contributed by atoms with Crippen LogP contribution in [-0.4, -0.2) is 75.2 Å². The largest absolute Gasteiger partial charge is 0.370 e. The zero-order valence-corrected chi connectivity index (χ0v) is 18.4. The number of hydrogen-bond acceptors (Lipinski definition) is 7. The van der Waals surface area contributed by atoms with E-state index in [4.69, 9.17) is 15.6 Å². The summed E-state index contributed by atoms with van der Waals surface area (Å²) in [6, 6.07) is 3.17. The number of nitrogens with zero attached hydrogens (tertiary/aromatic N) is 5. The number of rotatable bonds is 4. The molecule has 10 heteroatoms. The molecule has 1 aromatic carbocycles. The molecule has 3 aliphatic rings. The Morgan fingerprint density at radius 1 is 1.16 bits per heavy atom. The number of nitrogens with two attached hydrogens (primary N) is 1. The van der Waals surface area contributed by atoms with Crippen molar-refractivity contribution in [1.82, 2.24) is 23.3 Å². The van der Waals surface area contributed by atoms with Crippen LogP contribution in [0, 0.1) is 11.6 Å². The molecule has 2 aromatic rings. The maximum Gasteiger partial charge on any atom is 0.129 e. The van der Waals surface area contributed by atoms with Crippen LogP contribution < -0.4 is 5.73 Å². The van der Waals surface area contributed by atoms with Gasteiger partial charge in [0.25, 0.3) is 0 Å². The van der Waals surface area contributed by atoms with Crippen molar-refractivity contribution in [2.24, 2.45) is 5.73 Å². The van der Waals surface area contributed by atoms with Crippen LogP contribution in [0.15, 0.2) is 24.4 Å². The normalized spacial score (nSPS) is 28.2. The minimum atomic E-state index is -0.624. The molecule has 0 spiro atoms. The molecular weight excluding hydrogens is 422 g/mol. The molecule has 0 bridgehead atoms. The third-order valence-corrected chi connectivity index (χ3v) is 7.38. The SMILES string of the molecule is CN1CCN(Sn2cc3c(n2)CN(C2CO[C@H](c4cc(F)ccc4F)C(N)C2)C3)CC1. The van der Waals surface area contributed by atoms with Gasteiger partial charge in [0.2, 0.25) is 0 Å². The summed E-state index contributed by atoms with van der Waals surface area (Å²) in [6.07, 6.45) is 2.16. The molecule has 31 heavy (non-hydrogen) atoms. The number of piperazine rings is 1. The van der Waals surface area contributed by atoms with E-state index >= 15 is 0 Å². The fourth-order valence-corrected chi connectivity index (χ4v) is 5.46. The molecule has 2 saturated heterocycles. The van der Waals surface area contributed by atoms with E-state index in [9.17, 15) is 8.78 Å². The van der Waals surface area contributed by atoms with Crippen molar-refractivity contribution in [2.75, 3.05) is 39.8 Å². The number of hydrogen-bond donors (Lipinski definition) is 1. The van der Waals surface area contributed by atoms with Gasteiger partial charge in [-0.2, -0.15) is 9.19 Å². The number of benzene rings is 1. The Hall–Kier alpha value is -1.56. The van der Waals surface area contributed by atoms with Crippen LogP contribution in [0.3, 0.4) is 0 Å². The van der Waals surface area contributed by atoms with Crippen molar-refractivity contribution < 1.29 is 13.5 Å². The highest BCUT2D eigenvalue weighted by atomic mass is 32.2. The number of halogens is 2. The first kappa shape index (κ1) is 21.3. The van der Waals surface area contributed by atoms with Gasteiger partial charge < -0.3 is 15.4 Å². The maximum atomic E-state index is 14.2. The summed E-state index contributed by atoms with van der Waals surface area (Å²) in [5.74, 6) is -0.959. The maximum absolute atomic E-state index is 14.2. The summed E-state index contributed by atoms with van der Waals surface area (Å²) >= 11 is 1.67. The van der Waals surface area contributed by atoms with Gasteiger partial charge in [-0.05, 0) is 31.7 Å². The third kappa shape index (κ3) is 4.50. The van der Waals surface area contributed by atoms with Gasteiger partial charge >= 0.3 is 0 Å². The highest BCUT2D eigenvalue weighted by molar-refractivity contribution is 7.95. The molecule has 0 radical (unpaired) electrons. The summed E-state index contributed by atoms with van der Waals surface area (Å²) in [6.45, 7) is 6.21. The number of fused-ring (bicyclic) bond motifs is 1. The molecule has 2 unspecified atom stereocenters. The third-order valence-electron chi connectivity index (χ3n) is 6.43. The van der Waals surface area contributed by atoms with Gasteiger partial charge in [-0.15, -0.1) is 0 Å². The highest BCUT2D eigenvalue weighted by Gasteiger charge is 2.37. The molecular formula is C21H28F2N6OS. The first-order chi connectivity index (χ1) is 15.0. The lowest BCUT2D eigenvalue weighted by molar-refractivity contribution is -0.0533. The van der Waals surface area contributed by atoms with Crippen LogP contribution in [0.5, 0.6) is 0 Å². The highest BCUT2D eigenvalue weighted by Crippen LogP contribution is 2.34. The summed E-state index contributed by atoms with van der Waals surface area (Å²) in [7, 11) is 2.15. The van der Waals surface area contributed by atoms with Gasteiger partial charge in [-0.1, -0.05) is 0 Å². The predicted molar refractivity (Wildman–Crippen MR) is 115 cm³/mol. The zero-order valence-electron chi connectivity index (χ0n) is 17.6. The average molecular weight is 451 g/mol. The molecule has 3 atom stereocenters. The van der Waals surface area contributed by atoms with Crippen molar-refractivity contribution in [3.05, 3.63) is 52.9 Å². The molecule has 3 aliphatic heterocycles. The lowest BCUT2D eigenvalue weighted by Crippen LogP contribution is -2.47. The number of likely N-dealkylation sites (N-methyl/N-ethyl adjacent to an activating group) is 1. The van der Waals surface area contributed by atoms with Crippen LogP contribution in [-0.2, 0) is 17.8 Å². The van der Waals surface area contributed by atoms with Crippen molar-refractivity contribution in [1.29, 1.82) is 0 Å². The van der Waals surface area contributed by atoms with Gasteiger partial charge in [0, 0.05) is 68.7 Å². The Kier molecular flexibility index (Phi) is 6.02. The van der Waals surface area contributed by atoms with E-state index in [-0.39, 0.29) is 11.6 Å². The fourth-order valence-electron chi connectivity index (χ4n) is 4.59. The van der Waals surface area contributed by atoms with E-state index in [1.165, 1.54) is 11.6 Å². The second kappa shape index (κ2) is 8.76. The number of ether oxygens (including phenoxy) is 1. The van der Waals surface area contributed by atoms with Gasteiger partial charge in [-0.3, -0.25) is 4.90 Å². The van der Waals surface area contributed by atoms with Crippen molar-refractivity contribution in [3.8, 4) is 0 Å². The first-order valence-corrected chi connectivity index (χ1v) is 11.4. The molecule has 2 fully saturated rings. The first-order valence-electron chi connectivity index (χ1n) is 10.7. The molecule has 5 rings (SSSR count). The van der Waals surface area contributed by atoms with Gasteiger partial charge in [-0.25, -0.2) is 13.1 Å². The lowest BCUT2D eigenvalue weighted by atomic mass is 9.93. The van der Waals surface area contributed by atoms with E-state index in [1.807, 2.05) is 4.09 Å². The van der Waals surface area contributed by atoms with E-state index in [1.54, 1.807) is 12.1 Å². The molecule has 0 aliphatic carbocycles. The van der Waals surface area contributed by atoms with Crippen LogP contribution in [0.4, 0.5) is 8.78 Å². The Balaban J connectivity index is 1.18. The summed E-state index contributed by atoms with van der Waals surface area (Å²) < 4.78 is 38.0. The molecule has 168 valence electrons. The van der Waals surface area contributed by atoms with Crippen molar-refractivity contribution >= 4 is 12.1 Å². The fraction of sp³-hybridized carbons (Fsp3) is 0.571. The van der Waals surface area contributed by atoms with Crippen LogP contribution in [0.2, 0.25) is 0 Å². The van der Waals surface area contributed by atoms with E-state index < -0.39 is 23.8 Å². The Morgan fingerprint density at radius 3 is 2.71 bits per heavy atom. The Bertz CT molecular complexity index is 911. The average Bonchev–Trinajstić information content (AvgIpc) is 3.30. The van der Waals surface area contributed by atoms with Gasteiger partial charge in [0.05, 0.1) is 24.4 Å². The van der Waals surface area contributed by atoms with E-state index in [2.05, 4.69) is 27.3 Å². The molecule has 2 N–H and O–H groups in total. The number of aromatic nitrogens is 2. The lowest BCUT2D eigenvalue weighted by Gasteiger charge is -2.38. The molecule has 4 heterocycles. The van der Waals surface area contributed by atoms with E-state index in [0.29, 0.717) is 13.0 Å². The molecule has 0 amide bonds. The summed E-state index contributed by atoms with van der Waals surface area (Å²) in [5.41, 5.74) is 8.86. The summed E-state index contributed by atoms with van der Waals surface area (Å²) in [5, 5.41) is 4.77. The van der Waals surface area contributed by atoms with Crippen molar-refractivity contribution in [2.45, 2.75) is 37.7 Å². The molecule has 0 saturated carbocycles. The monoisotopic (exact) mass is 450 g/mol. The molecule has 1 aromatic heterocycles. The minimum absolute atomic E-state index is 0.135. The zero-order chi connectivity index (χ0) is 21.5. The van der Waals surface area contributed by atoms with Crippen molar-refractivity contribution in [3.63, 3.8) is 0 Å². The second-order valence-electron chi connectivity index (χ2n) is 8.70. The van der Waals surface area contributed by atoms with Crippen LogP contribution in [0.25, 0.3) is 0 Å². The standard InChI is InChI=1S/C21H28F2N6OS/c1-26-4-6-28(7-5-26)31-29-11-14-10-27(12-20(14)25-29)16-9-19(24)21(30-13-16)17-8-15(22)2-3-18(17)23/h2-3,8,11,16,19,21H,4-7,9-10,12-13,24H2,1H3/t16?,19?,21-/m1/s1. The topological polar surface area (TPSA) is 62.8 Å². The molecule has 7 nitrogen and oxygen atoms in total. The minimum Gasteiger partial charge on any atom is -0.370 e. The Morgan fingerprint density at radius 2 is 1.97 bits per heavy atom. The van der Waals surface area contributed by atoms with E-state index in [0.717, 1.165) is 57.1 Å².